The number of carbonyl (C=O) groups is 1. The van der Waals surface area contributed by atoms with Gasteiger partial charge < -0.3 is 15.1 Å². The van der Waals surface area contributed by atoms with Crippen molar-refractivity contribution in [2.24, 2.45) is 0 Å². The van der Waals surface area contributed by atoms with Gasteiger partial charge in [0.05, 0.1) is 4.92 Å². The standard InChI is InChI=1S/C21H20N6O3/c28-21(16-5-4-8-18(13-16)27(29)30)24-19-14-20(23-15-22-19)26-11-9-25(10-12-26)17-6-2-1-3-7-17/h1-8,13-15H,9-12H2,(H,22,23,24,28). The van der Waals surface area contributed by atoms with Crippen LogP contribution in [0.25, 0.3) is 0 Å². The Morgan fingerprint density at radius 2 is 1.67 bits per heavy atom. The predicted octanol–water partition coefficient (Wildman–Crippen LogP) is 2.96. The van der Waals surface area contributed by atoms with Crippen LogP contribution in [0, 0.1) is 10.1 Å². The van der Waals surface area contributed by atoms with E-state index in [2.05, 4.69) is 37.2 Å². The van der Waals surface area contributed by atoms with Crippen LogP contribution in [0.5, 0.6) is 0 Å². The molecule has 4 rings (SSSR count). The monoisotopic (exact) mass is 404 g/mol. The first-order valence-electron chi connectivity index (χ1n) is 9.53. The van der Waals surface area contributed by atoms with Gasteiger partial charge in [0.2, 0.25) is 0 Å². The number of hydrogen-bond donors (Lipinski definition) is 1. The molecule has 0 aliphatic carbocycles. The van der Waals surface area contributed by atoms with Crippen molar-refractivity contribution in [3.63, 3.8) is 0 Å². The van der Waals surface area contributed by atoms with Gasteiger partial charge in [-0.25, -0.2) is 9.97 Å². The van der Waals surface area contributed by atoms with Crippen LogP contribution in [0.4, 0.5) is 23.0 Å². The maximum absolute atomic E-state index is 12.5. The fourth-order valence-corrected chi connectivity index (χ4v) is 3.37. The maximum Gasteiger partial charge on any atom is 0.270 e. The Labute approximate surface area is 173 Å². The van der Waals surface area contributed by atoms with E-state index in [-0.39, 0.29) is 11.3 Å². The summed E-state index contributed by atoms with van der Waals surface area (Å²) in [7, 11) is 0. The Hall–Kier alpha value is -4.01. The molecule has 0 bridgehead atoms. The summed E-state index contributed by atoms with van der Waals surface area (Å²) in [5, 5.41) is 13.6. The van der Waals surface area contributed by atoms with E-state index < -0.39 is 10.8 Å². The summed E-state index contributed by atoms with van der Waals surface area (Å²) in [6, 6.07) is 17.6. The predicted molar refractivity (Wildman–Crippen MR) is 114 cm³/mol. The zero-order chi connectivity index (χ0) is 20.9. The van der Waals surface area contributed by atoms with Crippen LogP contribution < -0.4 is 15.1 Å². The highest BCUT2D eigenvalue weighted by Crippen LogP contribution is 2.21. The lowest BCUT2D eigenvalue weighted by Crippen LogP contribution is -2.46. The molecule has 1 saturated heterocycles. The van der Waals surface area contributed by atoms with E-state index in [0.717, 1.165) is 32.0 Å². The van der Waals surface area contributed by atoms with Crippen molar-refractivity contribution >= 4 is 28.9 Å². The van der Waals surface area contributed by atoms with Crippen molar-refractivity contribution in [2.45, 2.75) is 0 Å². The Balaban J connectivity index is 1.41. The number of anilines is 3. The Morgan fingerprint density at radius 3 is 2.40 bits per heavy atom. The molecule has 1 aliphatic rings. The molecule has 9 nitrogen and oxygen atoms in total. The molecule has 9 heteroatoms. The second kappa shape index (κ2) is 8.56. The number of hydrogen-bond acceptors (Lipinski definition) is 7. The number of nitro benzene ring substituents is 1. The van der Waals surface area contributed by atoms with Gasteiger partial charge in [-0.2, -0.15) is 0 Å². The highest BCUT2D eigenvalue weighted by Gasteiger charge is 2.19. The summed E-state index contributed by atoms with van der Waals surface area (Å²) in [6.07, 6.45) is 1.40. The first-order valence-corrected chi connectivity index (χ1v) is 9.53. The van der Waals surface area contributed by atoms with Crippen molar-refractivity contribution in [2.75, 3.05) is 41.3 Å². The molecule has 152 valence electrons. The van der Waals surface area contributed by atoms with Crippen molar-refractivity contribution in [3.8, 4) is 0 Å². The summed E-state index contributed by atoms with van der Waals surface area (Å²) in [4.78, 5) is 35.7. The topological polar surface area (TPSA) is 104 Å². The number of non-ortho nitro benzene ring substituents is 1. The summed E-state index contributed by atoms with van der Waals surface area (Å²) in [6.45, 7) is 3.32. The third-order valence-corrected chi connectivity index (χ3v) is 4.94. The number of aromatic nitrogens is 2. The fraction of sp³-hybridized carbons (Fsp3) is 0.190. The molecular weight excluding hydrogens is 384 g/mol. The number of nitrogens with zero attached hydrogens (tertiary/aromatic N) is 5. The second-order valence-corrected chi connectivity index (χ2v) is 6.83. The summed E-state index contributed by atoms with van der Waals surface area (Å²) in [5.41, 5.74) is 1.26. The molecule has 0 atom stereocenters. The van der Waals surface area contributed by atoms with E-state index in [9.17, 15) is 14.9 Å². The van der Waals surface area contributed by atoms with Gasteiger partial charge in [0.15, 0.2) is 0 Å². The largest absolute Gasteiger partial charge is 0.368 e. The number of piperazine rings is 1. The van der Waals surface area contributed by atoms with Gasteiger partial charge in [0.1, 0.15) is 18.0 Å². The third kappa shape index (κ3) is 4.35. The van der Waals surface area contributed by atoms with E-state index >= 15 is 0 Å². The Kier molecular flexibility index (Phi) is 5.51. The van der Waals surface area contributed by atoms with Crippen LogP contribution in [0.3, 0.4) is 0 Å². The molecule has 1 fully saturated rings. The number of carbonyl (C=O) groups excluding carboxylic acids is 1. The van der Waals surface area contributed by atoms with E-state index in [4.69, 9.17) is 0 Å². The molecule has 0 spiro atoms. The van der Waals surface area contributed by atoms with Crippen molar-refractivity contribution < 1.29 is 9.72 Å². The average molecular weight is 404 g/mol. The van der Waals surface area contributed by atoms with Crippen LogP contribution in [-0.2, 0) is 0 Å². The molecule has 1 amide bonds. The summed E-state index contributed by atoms with van der Waals surface area (Å²) < 4.78 is 0. The minimum absolute atomic E-state index is 0.137. The number of nitro groups is 1. The first kappa shape index (κ1) is 19.3. The van der Waals surface area contributed by atoms with Gasteiger partial charge in [-0.1, -0.05) is 24.3 Å². The number of rotatable bonds is 5. The molecule has 1 aromatic heterocycles. The zero-order valence-corrected chi connectivity index (χ0v) is 16.1. The maximum atomic E-state index is 12.5. The first-order chi connectivity index (χ1) is 14.6. The minimum atomic E-state index is -0.533. The van der Waals surface area contributed by atoms with Crippen molar-refractivity contribution in [1.82, 2.24) is 9.97 Å². The molecule has 0 unspecified atom stereocenters. The van der Waals surface area contributed by atoms with Crippen molar-refractivity contribution in [1.29, 1.82) is 0 Å². The Morgan fingerprint density at radius 1 is 0.933 bits per heavy atom. The summed E-state index contributed by atoms with van der Waals surface area (Å²) in [5.74, 6) is 0.617. The van der Waals surface area contributed by atoms with Crippen LogP contribution in [0.2, 0.25) is 0 Å². The number of nitrogens with one attached hydrogen (secondary N) is 1. The molecule has 30 heavy (non-hydrogen) atoms. The van der Waals surface area contributed by atoms with Gasteiger partial charge >= 0.3 is 0 Å². The summed E-state index contributed by atoms with van der Waals surface area (Å²) >= 11 is 0. The van der Waals surface area contributed by atoms with Gasteiger partial charge in [-0.05, 0) is 18.2 Å². The molecule has 1 N–H and O–H groups in total. The van der Waals surface area contributed by atoms with Crippen LogP contribution in [-0.4, -0.2) is 47.0 Å². The molecule has 2 heterocycles. The van der Waals surface area contributed by atoms with E-state index in [0.29, 0.717) is 5.82 Å². The average Bonchev–Trinajstić information content (AvgIpc) is 2.80. The lowest BCUT2D eigenvalue weighted by Gasteiger charge is -2.36. The molecule has 2 aromatic carbocycles. The number of amides is 1. The molecular formula is C21H20N6O3. The molecule has 1 aliphatic heterocycles. The van der Waals surface area contributed by atoms with Gasteiger partial charge in [-0.3, -0.25) is 14.9 Å². The van der Waals surface area contributed by atoms with E-state index in [1.807, 2.05) is 18.2 Å². The molecule has 3 aromatic rings. The highest BCUT2D eigenvalue weighted by atomic mass is 16.6. The van der Waals surface area contributed by atoms with E-state index in [1.165, 1.54) is 36.3 Å². The number of para-hydroxylation sites is 1. The zero-order valence-electron chi connectivity index (χ0n) is 16.1. The fourth-order valence-electron chi connectivity index (χ4n) is 3.37. The normalized spacial score (nSPS) is 13.7. The van der Waals surface area contributed by atoms with Gasteiger partial charge in [0.25, 0.3) is 11.6 Å². The van der Waals surface area contributed by atoms with Crippen LogP contribution in [0.1, 0.15) is 10.4 Å². The second-order valence-electron chi connectivity index (χ2n) is 6.83. The smallest absolute Gasteiger partial charge is 0.270 e. The van der Waals surface area contributed by atoms with Crippen molar-refractivity contribution in [3.05, 3.63) is 82.7 Å². The minimum Gasteiger partial charge on any atom is -0.368 e. The highest BCUT2D eigenvalue weighted by molar-refractivity contribution is 6.04. The molecule has 0 saturated carbocycles. The third-order valence-electron chi connectivity index (χ3n) is 4.94. The Bertz CT molecular complexity index is 1050. The van der Waals surface area contributed by atoms with Crippen LogP contribution in [0.15, 0.2) is 67.0 Å². The van der Waals surface area contributed by atoms with E-state index in [1.54, 1.807) is 6.07 Å². The van der Waals surface area contributed by atoms with Gasteiger partial charge in [-0.15, -0.1) is 0 Å². The lowest BCUT2D eigenvalue weighted by molar-refractivity contribution is -0.384. The number of benzene rings is 2. The van der Waals surface area contributed by atoms with Crippen LogP contribution >= 0.6 is 0 Å². The quantitative estimate of drug-likeness (QED) is 0.515. The molecule has 0 radical (unpaired) electrons. The SMILES string of the molecule is O=C(Nc1cc(N2CCN(c3ccccc3)CC2)ncn1)c1cccc([N+](=O)[O-])c1. The van der Waals surface area contributed by atoms with Gasteiger partial charge in [0, 0.05) is 55.6 Å². The lowest BCUT2D eigenvalue weighted by atomic mass is 10.2.